The number of hydrogen-bond acceptors (Lipinski definition) is 3. The van der Waals surface area contributed by atoms with E-state index >= 15 is 0 Å². The summed E-state index contributed by atoms with van der Waals surface area (Å²) in [6.07, 6.45) is 2.87. The van der Waals surface area contributed by atoms with Gasteiger partial charge in [-0.05, 0) is 49.5 Å². The van der Waals surface area contributed by atoms with E-state index in [1.165, 1.54) is 12.8 Å². The Hall–Kier alpha value is -1.26. The molecule has 0 radical (unpaired) electrons. The standard InChI is InChI=1S/C16H24ClN3O/c1-16(2)6-9-20(10-7-16)8-5-15(21)19-14-4-3-12(18)11-13(14)17/h3-4,11H,5-10,18H2,1-2H3,(H,19,21). The maximum atomic E-state index is 12.0. The Labute approximate surface area is 131 Å². The summed E-state index contributed by atoms with van der Waals surface area (Å²) < 4.78 is 0. The Morgan fingerprint density at radius 1 is 1.38 bits per heavy atom. The predicted molar refractivity (Wildman–Crippen MR) is 88.6 cm³/mol. The Balaban J connectivity index is 1.78. The van der Waals surface area contributed by atoms with Gasteiger partial charge in [0.05, 0.1) is 10.7 Å². The van der Waals surface area contributed by atoms with Crippen LogP contribution in [0.15, 0.2) is 18.2 Å². The molecule has 0 atom stereocenters. The molecule has 3 N–H and O–H groups in total. The minimum Gasteiger partial charge on any atom is -0.399 e. The molecule has 1 saturated heterocycles. The van der Waals surface area contributed by atoms with E-state index < -0.39 is 0 Å². The molecule has 5 heteroatoms. The molecule has 116 valence electrons. The van der Waals surface area contributed by atoms with E-state index in [9.17, 15) is 4.79 Å². The fourth-order valence-corrected chi connectivity index (χ4v) is 2.72. The Kier molecular flexibility index (Phi) is 5.12. The Morgan fingerprint density at radius 2 is 2.05 bits per heavy atom. The van der Waals surface area contributed by atoms with Crippen LogP contribution in [0, 0.1) is 5.41 Å². The number of rotatable bonds is 4. The van der Waals surface area contributed by atoms with Crippen molar-refractivity contribution in [2.75, 3.05) is 30.7 Å². The third kappa shape index (κ3) is 4.90. The quantitative estimate of drug-likeness (QED) is 0.838. The first kappa shape index (κ1) is 16.1. The monoisotopic (exact) mass is 309 g/mol. The third-order valence-electron chi connectivity index (χ3n) is 4.13. The molecule has 1 aromatic carbocycles. The van der Waals surface area contributed by atoms with Gasteiger partial charge in [0.25, 0.3) is 0 Å². The van der Waals surface area contributed by atoms with Crippen molar-refractivity contribution in [2.45, 2.75) is 33.1 Å². The number of amides is 1. The molecule has 0 saturated carbocycles. The normalized spacial score (nSPS) is 18.4. The van der Waals surface area contributed by atoms with Crippen molar-refractivity contribution in [1.82, 2.24) is 4.90 Å². The molecule has 0 spiro atoms. The molecule has 1 fully saturated rings. The van der Waals surface area contributed by atoms with Crippen LogP contribution in [0.25, 0.3) is 0 Å². The van der Waals surface area contributed by atoms with Gasteiger partial charge in [-0.2, -0.15) is 0 Å². The van der Waals surface area contributed by atoms with Crippen LogP contribution in [-0.2, 0) is 4.79 Å². The second-order valence-electron chi connectivity index (χ2n) is 6.54. The van der Waals surface area contributed by atoms with E-state index in [0.29, 0.717) is 28.2 Å². The van der Waals surface area contributed by atoms with E-state index in [1.54, 1.807) is 18.2 Å². The lowest BCUT2D eigenvalue weighted by Crippen LogP contribution is -2.38. The van der Waals surface area contributed by atoms with Crippen LogP contribution in [-0.4, -0.2) is 30.4 Å². The minimum absolute atomic E-state index is 0.00787. The van der Waals surface area contributed by atoms with E-state index in [0.717, 1.165) is 19.6 Å². The lowest BCUT2D eigenvalue weighted by Gasteiger charge is -2.36. The van der Waals surface area contributed by atoms with Gasteiger partial charge in [0, 0.05) is 18.7 Å². The fourth-order valence-electron chi connectivity index (χ4n) is 2.49. The van der Waals surface area contributed by atoms with Gasteiger partial charge in [-0.1, -0.05) is 25.4 Å². The van der Waals surface area contributed by atoms with Crippen LogP contribution in [0.5, 0.6) is 0 Å². The molecule has 2 rings (SSSR count). The van der Waals surface area contributed by atoms with Crippen LogP contribution in [0.3, 0.4) is 0 Å². The van der Waals surface area contributed by atoms with Crippen molar-refractivity contribution >= 4 is 28.9 Å². The lowest BCUT2D eigenvalue weighted by atomic mass is 9.83. The average Bonchev–Trinajstić information content (AvgIpc) is 2.41. The van der Waals surface area contributed by atoms with Crippen molar-refractivity contribution in [3.05, 3.63) is 23.2 Å². The first-order chi connectivity index (χ1) is 9.85. The van der Waals surface area contributed by atoms with E-state index in [1.807, 2.05) is 0 Å². The van der Waals surface area contributed by atoms with Gasteiger partial charge in [-0.3, -0.25) is 4.79 Å². The van der Waals surface area contributed by atoms with E-state index in [2.05, 4.69) is 24.1 Å². The summed E-state index contributed by atoms with van der Waals surface area (Å²) in [4.78, 5) is 14.3. The molecular weight excluding hydrogens is 286 g/mol. The van der Waals surface area contributed by atoms with Gasteiger partial charge < -0.3 is 16.0 Å². The molecule has 0 aromatic heterocycles. The number of halogens is 1. The van der Waals surface area contributed by atoms with Gasteiger partial charge in [0.15, 0.2) is 0 Å². The molecule has 4 nitrogen and oxygen atoms in total. The number of nitrogens with one attached hydrogen (secondary N) is 1. The van der Waals surface area contributed by atoms with Crippen molar-refractivity contribution in [2.24, 2.45) is 5.41 Å². The van der Waals surface area contributed by atoms with Crippen molar-refractivity contribution in [3.8, 4) is 0 Å². The van der Waals surface area contributed by atoms with Gasteiger partial charge in [-0.25, -0.2) is 0 Å². The SMILES string of the molecule is CC1(C)CCN(CCC(=O)Nc2ccc(N)cc2Cl)CC1. The number of hydrogen-bond donors (Lipinski definition) is 2. The maximum Gasteiger partial charge on any atom is 0.225 e. The molecular formula is C16H24ClN3O. The topological polar surface area (TPSA) is 58.4 Å². The number of nitrogens with two attached hydrogens (primary N) is 1. The zero-order valence-electron chi connectivity index (χ0n) is 12.8. The Morgan fingerprint density at radius 3 is 2.67 bits per heavy atom. The summed E-state index contributed by atoms with van der Waals surface area (Å²) in [5, 5.41) is 3.32. The first-order valence-electron chi connectivity index (χ1n) is 7.43. The molecule has 0 aliphatic carbocycles. The summed E-state index contributed by atoms with van der Waals surface area (Å²) in [5.41, 5.74) is 7.29. The molecule has 21 heavy (non-hydrogen) atoms. The number of likely N-dealkylation sites (tertiary alicyclic amines) is 1. The number of anilines is 2. The number of nitrogens with zero attached hydrogens (tertiary/aromatic N) is 1. The predicted octanol–water partition coefficient (Wildman–Crippen LogP) is 3.37. The molecule has 0 unspecified atom stereocenters. The number of carbonyl (C=O) groups excluding carboxylic acids is 1. The lowest BCUT2D eigenvalue weighted by molar-refractivity contribution is -0.116. The third-order valence-corrected chi connectivity index (χ3v) is 4.44. The number of benzene rings is 1. The smallest absolute Gasteiger partial charge is 0.225 e. The highest BCUT2D eigenvalue weighted by Crippen LogP contribution is 2.29. The number of piperidine rings is 1. The molecule has 1 heterocycles. The van der Waals surface area contributed by atoms with Crippen LogP contribution in [0.1, 0.15) is 33.1 Å². The van der Waals surface area contributed by atoms with Crippen molar-refractivity contribution in [3.63, 3.8) is 0 Å². The van der Waals surface area contributed by atoms with Gasteiger partial charge >= 0.3 is 0 Å². The molecule has 0 bridgehead atoms. The summed E-state index contributed by atoms with van der Waals surface area (Å²) in [6, 6.07) is 5.11. The fraction of sp³-hybridized carbons (Fsp3) is 0.562. The maximum absolute atomic E-state index is 12.0. The highest BCUT2D eigenvalue weighted by atomic mass is 35.5. The highest BCUT2D eigenvalue weighted by Gasteiger charge is 2.25. The Bertz CT molecular complexity index is 506. The summed E-state index contributed by atoms with van der Waals surface area (Å²) in [6.45, 7) is 7.56. The number of carbonyl (C=O) groups is 1. The summed E-state index contributed by atoms with van der Waals surface area (Å²) in [5.74, 6) is -0.00787. The minimum atomic E-state index is -0.00787. The molecule has 1 aromatic rings. The van der Waals surface area contributed by atoms with Crippen LogP contribution < -0.4 is 11.1 Å². The second kappa shape index (κ2) is 6.67. The molecule has 1 aliphatic rings. The van der Waals surface area contributed by atoms with Gasteiger partial charge in [0.2, 0.25) is 5.91 Å². The van der Waals surface area contributed by atoms with Crippen molar-refractivity contribution < 1.29 is 4.79 Å². The molecule has 1 amide bonds. The van der Waals surface area contributed by atoms with Gasteiger partial charge in [-0.15, -0.1) is 0 Å². The second-order valence-corrected chi connectivity index (χ2v) is 6.95. The van der Waals surface area contributed by atoms with Gasteiger partial charge in [0.1, 0.15) is 0 Å². The largest absolute Gasteiger partial charge is 0.399 e. The highest BCUT2D eigenvalue weighted by molar-refractivity contribution is 6.34. The zero-order valence-corrected chi connectivity index (χ0v) is 13.5. The summed E-state index contributed by atoms with van der Waals surface area (Å²) in [7, 11) is 0. The first-order valence-corrected chi connectivity index (χ1v) is 7.81. The van der Waals surface area contributed by atoms with Crippen molar-refractivity contribution in [1.29, 1.82) is 0 Å². The van der Waals surface area contributed by atoms with E-state index in [-0.39, 0.29) is 5.91 Å². The van der Waals surface area contributed by atoms with Crippen LogP contribution in [0.4, 0.5) is 11.4 Å². The summed E-state index contributed by atoms with van der Waals surface area (Å²) >= 11 is 6.05. The van der Waals surface area contributed by atoms with E-state index in [4.69, 9.17) is 17.3 Å². The average molecular weight is 310 g/mol. The van der Waals surface area contributed by atoms with Crippen LogP contribution in [0.2, 0.25) is 5.02 Å². The number of nitrogen functional groups attached to an aromatic ring is 1. The molecule has 1 aliphatic heterocycles. The van der Waals surface area contributed by atoms with Crippen LogP contribution >= 0.6 is 11.6 Å². The zero-order chi connectivity index (χ0) is 15.5.